The van der Waals surface area contributed by atoms with Gasteiger partial charge in [0.2, 0.25) is 0 Å². The minimum absolute atomic E-state index is 0.246. The summed E-state index contributed by atoms with van der Waals surface area (Å²) in [5.41, 5.74) is 1.17. The molecule has 0 radical (unpaired) electrons. The van der Waals surface area contributed by atoms with Crippen LogP contribution in [0.3, 0.4) is 0 Å². The molecule has 1 fully saturated rings. The van der Waals surface area contributed by atoms with Crippen molar-refractivity contribution in [1.82, 2.24) is 0 Å². The van der Waals surface area contributed by atoms with Crippen molar-refractivity contribution in [3.8, 4) is 0 Å². The Hall–Kier alpha value is -0.960. The molecule has 0 saturated heterocycles. The molecule has 2 atom stereocenters. The fourth-order valence-electron chi connectivity index (χ4n) is 2.69. The Morgan fingerprint density at radius 3 is 2.53 bits per heavy atom. The Balaban J connectivity index is 2.08. The maximum Gasteiger partial charge on any atom is 0.358 e. The van der Waals surface area contributed by atoms with Gasteiger partial charge in [-0.3, -0.25) is 0 Å². The van der Waals surface area contributed by atoms with Crippen LogP contribution in [-0.4, -0.2) is 13.2 Å². The Kier molecular flexibility index (Phi) is 3.77. The lowest BCUT2D eigenvalue weighted by molar-refractivity contribution is -0.262. The van der Waals surface area contributed by atoms with Crippen LogP contribution in [0.15, 0.2) is 30.3 Å². The van der Waals surface area contributed by atoms with Crippen LogP contribution in [0.1, 0.15) is 37.2 Å². The van der Waals surface area contributed by atoms with E-state index in [2.05, 4.69) is 4.74 Å². The van der Waals surface area contributed by atoms with Gasteiger partial charge in [0.05, 0.1) is 5.92 Å². The highest BCUT2D eigenvalue weighted by Gasteiger charge is 2.42. The molecule has 1 saturated carbocycles. The first-order chi connectivity index (χ1) is 8.13. The summed E-state index contributed by atoms with van der Waals surface area (Å²) in [5.74, 6) is -0.401. The number of hydrogen-bond acceptors (Lipinski definition) is 1. The van der Waals surface area contributed by atoms with Gasteiger partial charge in [-0.2, -0.15) is 8.78 Å². The first-order valence-corrected chi connectivity index (χ1v) is 6.11. The van der Waals surface area contributed by atoms with E-state index in [1.807, 2.05) is 30.3 Å². The molecule has 3 heteroatoms. The largest absolute Gasteiger partial charge is 0.358 e. The lowest BCUT2D eigenvalue weighted by atomic mass is 9.77. The summed E-state index contributed by atoms with van der Waals surface area (Å²) in [5, 5.41) is 0. The second-order valence-electron chi connectivity index (χ2n) is 4.74. The third-order valence-electron chi connectivity index (χ3n) is 3.69. The zero-order valence-corrected chi connectivity index (χ0v) is 10.0. The summed E-state index contributed by atoms with van der Waals surface area (Å²) in [6.07, 6.45) is -0.0496. The third kappa shape index (κ3) is 2.83. The van der Waals surface area contributed by atoms with Gasteiger partial charge in [0.25, 0.3) is 0 Å². The zero-order valence-electron chi connectivity index (χ0n) is 10.0. The molecule has 1 aromatic carbocycles. The molecule has 94 valence electrons. The fourth-order valence-corrected chi connectivity index (χ4v) is 2.69. The maximum atomic E-state index is 13.5. The second kappa shape index (κ2) is 5.13. The van der Waals surface area contributed by atoms with E-state index in [1.165, 1.54) is 5.56 Å². The number of methoxy groups -OCH3 is 1. The number of ether oxygens (including phenoxy) is 1. The molecule has 0 bridgehead atoms. The highest BCUT2D eigenvalue weighted by molar-refractivity contribution is 5.20. The third-order valence-corrected chi connectivity index (χ3v) is 3.69. The average Bonchev–Trinajstić information content (AvgIpc) is 2.40. The van der Waals surface area contributed by atoms with Crippen molar-refractivity contribution in [2.24, 2.45) is 5.92 Å². The number of halogens is 2. The van der Waals surface area contributed by atoms with Gasteiger partial charge in [-0.05, 0) is 30.7 Å². The Bertz CT molecular complexity index is 350. The molecule has 2 rings (SSSR count). The Labute approximate surface area is 101 Å². The van der Waals surface area contributed by atoms with Crippen LogP contribution in [0.4, 0.5) is 8.78 Å². The molecule has 0 spiro atoms. The summed E-state index contributed by atoms with van der Waals surface area (Å²) in [4.78, 5) is 0. The zero-order chi connectivity index (χ0) is 12.3. The molecular formula is C14H18F2O. The highest BCUT2D eigenvalue weighted by atomic mass is 19.3. The van der Waals surface area contributed by atoms with E-state index in [1.54, 1.807) is 0 Å². The molecule has 1 nitrogen and oxygen atoms in total. The molecule has 2 unspecified atom stereocenters. The normalized spacial score (nSPS) is 25.8. The molecule has 0 amide bonds. The van der Waals surface area contributed by atoms with Crippen LogP contribution >= 0.6 is 0 Å². The number of rotatable bonds is 3. The van der Waals surface area contributed by atoms with E-state index < -0.39 is 12.0 Å². The number of alkyl halides is 2. The van der Waals surface area contributed by atoms with Gasteiger partial charge < -0.3 is 4.74 Å². The van der Waals surface area contributed by atoms with Gasteiger partial charge in [0.1, 0.15) is 0 Å². The van der Waals surface area contributed by atoms with Gasteiger partial charge in [-0.1, -0.05) is 36.8 Å². The Morgan fingerprint density at radius 1 is 1.18 bits per heavy atom. The predicted octanol–water partition coefficient (Wildman–Crippen LogP) is 4.20. The second-order valence-corrected chi connectivity index (χ2v) is 4.74. The van der Waals surface area contributed by atoms with Crippen LogP contribution in [0.25, 0.3) is 0 Å². The van der Waals surface area contributed by atoms with Crippen molar-refractivity contribution in [3.63, 3.8) is 0 Å². The average molecular weight is 240 g/mol. The Morgan fingerprint density at radius 2 is 1.88 bits per heavy atom. The van der Waals surface area contributed by atoms with E-state index in [9.17, 15) is 8.78 Å². The minimum Gasteiger partial charge on any atom is -0.324 e. The summed E-state index contributed by atoms with van der Waals surface area (Å²) in [6, 6.07) is 9.93. The van der Waals surface area contributed by atoms with E-state index in [0.717, 1.165) is 20.0 Å². The van der Waals surface area contributed by atoms with Crippen molar-refractivity contribution in [2.45, 2.75) is 37.7 Å². The van der Waals surface area contributed by atoms with Crippen molar-refractivity contribution in [2.75, 3.05) is 7.11 Å². The molecule has 0 heterocycles. The highest BCUT2D eigenvalue weighted by Crippen LogP contribution is 2.43. The SMILES string of the molecule is COC(F)(F)C1CCCC(c2ccccc2)C1. The smallest absolute Gasteiger partial charge is 0.324 e. The maximum absolute atomic E-state index is 13.5. The first-order valence-electron chi connectivity index (χ1n) is 6.11. The van der Waals surface area contributed by atoms with E-state index in [4.69, 9.17) is 0 Å². The number of benzene rings is 1. The van der Waals surface area contributed by atoms with Gasteiger partial charge in [-0.15, -0.1) is 0 Å². The van der Waals surface area contributed by atoms with Crippen LogP contribution in [-0.2, 0) is 4.74 Å². The van der Waals surface area contributed by atoms with Gasteiger partial charge >= 0.3 is 6.11 Å². The van der Waals surface area contributed by atoms with Crippen molar-refractivity contribution < 1.29 is 13.5 Å². The van der Waals surface area contributed by atoms with Crippen molar-refractivity contribution >= 4 is 0 Å². The standard InChI is InChI=1S/C14H18F2O/c1-17-14(15,16)13-9-5-8-12(10-13)11-6-3-2-4-7-11/h2-4,6-7,12-13H,5,8-10H2,1H3. The first kappa shape index (κ1) is 12.5. The summed E-state index contributed by atoms with van der Waals surface area (Å²) in [6.45, 7) is 0. The molecule has 0 aliphatic heterocycles. The van der Waals surface area contributed by atoms with E-state index >= 15 is 0 Å². The summed E-state index contributed by atoms with van der Waals surface area (Å²) >= 11 is 0. The van der Waals surface area contributed by atoms with Gasteiger partial charge in [-0.25, -0.2) is 0 Å². The van der Waals surface area contributed by atoms with Crippen LogP contribution in [0, 0.1) is 5.92 Å². The van der Waals surface area contributed by atoms with Gasteiger partial charge in [0.15, 0.2) is 0 Å². The van der Waals surface area contributed by atoms with E-state index in [0.29, 0.717) is 12.8 Å². The lowest BCUT2D eigenvalue weighted by Gasteiger charge is -2.33. The molecule has 1 aliphatic rings. The lowest BCUT2D eigenvalue weighted by Crippen LogP contribution is -2.33. The predicted molar refractivity (Wildman–Crippen MR) is 63.1 cm³/mol. The van der Waals surface area contributed by atoms with Crippen LogP contribution in [0.2, 0.25) is 0 Å². The summed E-state index contributed by atoms with van der Waals surface area (Å²) in [7, 11) is 1.09. The molecule has 0 aromatic heterocycles. The minimum atomic E-state index is -2.98. The van der Waals surface area contributed by atoms with Crippen LogP contribution < -0.4 is 0 Å². The topological polar surface area (TPSA) is 9.23 Å². The van der Waals surface area contributed by atoms with Crippen LogP contribution in [0.5, 0.6) is 0 Å². The molecule has 0 N–H and O–H groups in total. The number of hydrogen-bond donors (Lipinski definition) is 0. The quantitative estimate of drug-likeness (QED) is 0.769. The van der Waals surface area contributed by atoms with Crippen molar-refractivity contribution in [1.29, 1.82) is 0 Å². The fraction of sp³-hybridized carbons (Fsp3) is 0.571. The molecule has 17 heavy (non-hydrogen) atoms. The van der Waals surface area contributed by atoms with Gasteiger partial charge in [0, 0.05) is 7.11 Å². The van der Waals surface area contributed by atoms with Crippen molar-refractivity contribution in [3.05, 3.63) is 35.9 Å². The monoisotopic (exact) mass is 240 g/mol. The molecule has 1 aromatic rings. The summed E-state index contributed by atoms with van der Waals surface area (Å²) < 4.78 is 31.3. The molecule has 1 aliphatic carbocycles. The molecular weight excluding hydrogens is 222 g/mol. The van der Waals surface area contributed by atoms with E-state index in [-0.39, 0.29) is 5.92 Å².